The molecule has 0 fully saturated rings. The second kappa shape index (κ2) is 8.90. The molecule has 0 heterocycles. The van der Waals surface area contributed by atoms with Crippen LogP contribution < -0.4 is 5.73 Å². The number of hydrogen-bond donors (Lipinski definition) is 1. The van der Waals surface area contributed by atoms with Crippen LogP contribution in [0.3, 0.4) is 0 Å². The molecule has 5 nitrogen and oxygen atoms in total. The second-order valence-corrected chi connectivity index (χ2v) is 4.74. The Balaban J connectivity index is 2.24. The molecule has 0 saturated carbocycles. The van der Waals surface area contributed by atoms with Crippen LogP contribution in [0.2, 0.25) is 0 Å². The van der Waals surface area contributed by atoms with Crippen LogP contribution in [-0.4, -0.2) is 39.5 Å². The van der Waals surface area contributed by atoms with Crippen molar-refractivity contribution >= 4 is 27.6 Å². The summed E-state index contributed by atoms with van der Waals surface area (Å²) in [7, 11) is 1.64. The van der Waals surface area contributed by atoms with Gasteiger partial charge in [0.1, 0.15) is 6.61 Å². The van der Waals surface area contributed by atoms with Crippen LogP contribution >= 0.6 is 15.9 Å². The molecule has 1 aromatic rings. The van der Waals surface area contributed by atoms with E-state index in [9.17, 15) is 4.79 Å². The number of methoxy groups -OCH3 is 1. The quantitative estimate of drug-likeness (QED) is 0.449. The minimum absolute atomic E-state index is 0.210. The fourth-order valence-electron chi connectivity index (χ4n) is 1.40. The highest BCUT2D eigenvalue weighted by molar-refractivity contribution is 9.10. The normalized spacial score (nSPS) is 10.4. The first kappa shape index (κ1) is 15.9. The second-order valence-electron chi connectivity index (χ2n) is 3.83. The van der Waals surface area contributed by atoms with Gasteiger partial charge in [0.2, 0.25) is 0 Å². The number of hydrogen-bond acceptors (Lipinski definition) is 5. The zero-order valence-corrected chi connectivity index (χ0v) is 12.4. The van der Waals surface area contributed by atoms with Crippen molar-refractivity contribution in [3.8, 4) is 0 Å². The molecular formula is C13H18BrNO4. The first-order valence-corrected chi connectivity index (χ1v) is 6.73. The zero-order valence-electron chi connectivity index (χ0n) is 10.9. The fraction of sp³-hybridized carbons (Fsp3) is 0.462. The molecule has 19 heavy (non-hydrogen) atoms. The van der Waals surface area contributed by atoms with Crippen LogP contribution in [-0.2, 0) is 14.2 Å². The van der Waals surface area contributed by atoms with Crippen molar-refractivity contribution in [1.82, 2.24) is 0 Å². The van der Waals surface area contributed by atoms with Gasteiger partial charge in [-0.3, -0.25) is 0 Å². The van der Waals surface area contributed by atoms with E-state index in [0.717, 1.165) is 10.9 Å². The molecule has 0 aliphatic carbocycles. The van der Waals surface area contributed by atoms with Gasteiger partial charge in [-0.2, -0.15) is 0 Å². The van der Waals surface area contributed by atoms with Crippen LogP contribution in [0.5, 0.6) is 0 Å². The number of rotatable bonds is 8. The van der Waals surface area contributed by atoms with E-state index in [4.69, 9.17) is 19.9 Å². The summed E-state index contributed by atoms with van der Waals surface area (Å²) in [5.74, 6) is -0.439. The maximum atomic E-state index is 11.7. The van der Waals surface area contributed by atoms with Crippen LogP contribution in [0.1, 0.15) is 16.8 Å². The van der Waals surface area contributed by atoms with E-state index < -0.39 is 5.97 Å². The SMILES string of the molecule is COCCCOCCOC(=O)c1ccc(Br)cc1N. The van der Waals surface area contributed by atoms with Gasteiger partial charge in [-0.25, -0.2) is 4.79 Å². The Morgan fingerprint density at radius 3 is 2.74 bits per heavy atom. The Labute approximate surface area is 121 Å². The highest BCUT2D eigenvalue weighted by Gasteiger charge is 2.10. The molecule has 1 rings (SSSR count). The van der Waals surface area contributed by atoms with E-state index in [0.29, 0.717) is 31.1 Å². The molecule has 6 heteroatoms. The number of ether oxygens (including phenoxy) is 3. The molecule has 0 aliphatic rings. The van der Waals surface area contributed by atoms with Crippen molar-refractivity contribution < 1.29 is 19.0 Å². The predicted octanol–water partition coefficient (Wildman–Crippen LogP) is 2.24. The lowest BCUT2D eigenvalue weighted by molar-refractivity contribution is 0.0289. The Morgan fingerprint density at radius 2 is 2.05 bits per heavy atom. The first-order chi connectivity index (χ1) is 9.15. The lowest BCUT2D eigenvalue weighted by Crippen LogP contribution is -2.13. The van der Waals surface area contributed by atoms with Crippen molar-refractivity contribution in [3.63, 3.8) is 0 Å². The molecule has 0 aromatic heterocycles. The Kier molecular flexibility index (Phi) is 7.47. The number of esters is 1. The monoisotopic (exact) mass is 331 g/mol. The van der Waals surface area contributed by atoms with Crippen LogP contribution in [0.25, 0.3) is 0 Å². The van der Waals surface area contributed by atoms with Gasteiger partial charge in [0.15, 0.2) is 0 Å². The van der Waals surface area contributed by atoms with Crippen molar-refractivity contribution in [2.45, 2.75) is 6.42 Å². The molecule has 1 aromatic carbocycles. The maximum Gasteiger partial charge on any atom is 0.340 e. The van der Waals surface area contributed by atoms with Gasteiger partial charge < -0.3 is 19.9 Å². The van der Waals surface area contributed by atoms with Crippen molar-refractivity contribution in [3.05, 3.63) is 28.2 Å². The lowest BCUT2D eigenvalue weighted by atomic mass is 10.2. The number of benzene rings is 1. The van der Waals surface area contributed by atoms with E-state index in [2.05, 4.69) is 15.9 Å². The summed E-state index contributed by atoms with van der Waals surface area (Å²) in [6.45, 7) is 1.83. The van der Waals surface area contributed by atoms with Gasteiger partial charge >= 0.3 is 5.97 Å². The van der Waals surface area contributed by atoms with Gasteiger partial charge in [-0.1, -0.05) is 15.9 Å². The van der Waals surface area contributed by atoms with Crippen LogP contribution in [0.15, 0.2) is 22.7 Å². The van der Waals surface area contributed by atoms with Crippen molar-refractivity contribution in [2.24, 2.45) is 0 Å². The van der Waals surface area contributed by atoms with Crippen LogP contribution in [0.4, 0.5) is 5.69 Å². The average Bonchev–Trinajstić information content (AvgIpc) is 2.37. The Bertz CT molecular complexity index is 412. The van der Waals surface area contributed by atoms with E-state index >= 15 is 0 Å². The third-order valence-electron chi connectivity index (χ3n) is 2.33. The predicted molar refractivity (Wildman–Crippen MR) is 76.1 cm³/mol. The van der Waals surface area contributed by atoms with E-state index in [1.165, 1.54) is 0 Å². The Morgan fingerprint density at radius 1 is 1.26 bits per heavy atom. The highest BCUT2D eigenvalue weighted by Crippen LogP contribution is 2.19. The third-order valence-corrected chi connectivity index (χ3v) is 2.82. The summed E-state index contributed by atoms with van der Waals surface area (Å²) >= 11 is 3.28. The van der Waals surface area contributed by atoms with Gasteiger partial charge in [0, 0.05) is 30.5 Å². The van der Waals surface area contributed by atoms with E-state index in [1.54, 1.807) is 25.3 Å². The van der Waals surface area contributed by atoms with Gasteiger partial charge in [-0.15, -0.1) is 0 Å². The summed E-state index contributed by atoms with van der Waals surface area (Å²) in [4.78, 5) is 11.7. The van der Waals surface area contributed by atoms with E-state index in [1.807, 2.05) is 0 Å². The fourth-order valence-corrected chi connectivity index (χ4v) is 1.78. The summed E-state index contributed by atoms with van der Waals surface area (Å²) in [6.07, 6.45) is 0.824. The van der Waals surface area contributed by atoms with Crippen LogP contribution in [0, 0.1) is 0 Å². The molecule has 106 valence electrons. The summed E-state index contributed by atoms with van der Waals surface area (Å²) in [6, 6.07) is 5.03. The molecule has 0 saturated heterocycles. The number of halogens is 1. The van der Waals surface area contributed by atoms with E-state index in [-0.39, 0.29) is 6.61 Å². The smallest absolute Gasteiger partial charge is 0.340 e. The topological polar surface area (TPSA) is 70.8 Å². The van der Waals surface area contributed by atoms with Crippen molar-refractivity contribution in [1.29, 1.82) is 0 Å². The summed E-state index contributed by atoms with van der Waals surface area (Å²) in [5.41, 5.74) is 6.48. The van der Waals surface area contributed by atoms with Crippen molar-refractivity contribution in [2.75, 3.05) is 39.3 Å². The average molecular weight is 332 g/mol. The molecule has 0 spiro atoms. The van der Waals surface area contributed by atoms with Gasteiger partial charge in [-0.05, 0) is 24.6 Å². The largest absolute Gasteiger partial charge is 0.460 e. The third kappa shape index (κ3) is 6.04. The van der Waals surface area contributed by atoms with Gasteiger partial charge in [0.05, 0.1) is 12.2 Å². The molecular weight excluding hydrogens is 314 g/mol. The zero-order chi connectivity index (χ0) is 14.1. The maximum absolute atomic E-state index is 11.7. The molecule has 2 N–H and O–H groups in total. The minimum atomic E-state index is -0.439. The molecule has 0 amide bonds. The Hall–Kier alpha value is -1.11. The minimum Gasteiger partial charge on any atom is -0.460 e. The number of carbonyl (C=O) groups is 1. The summed E-state index contributed by atoms with van der Waals surface area (Å²) in [5, 5.41) is 0. The standard InChI is InChI=1S/C13H18BrNO4/c1-17-5-2-6-18-7-8-19-13(16)11-4-3-10(14)9-12(11)15/h3-4,9H,2,5-8,15H2,1H3. The molecule has 0 atom stereocenters. The molecule has 0 unspecified atom stereocenters. The number of nitrogens with two attached hydrogens (primary N) is 1. The number of nitrogen functional groups attached to an aromatic ring is 1. The number of anilines is 1. The highest BCUT2D eigenvalue weighted by atomic mass is 79.9. The molecule has 0 bridgehead atoms. The first-order valence-electron chi connectivity index (χ1n) is 5.94. The number of carbonyl (C=O) groups excluding carboxylic acids is 1. The molecule has 0 aliphatic heterocycles. The lowest BCUT2D eigenvalue weighted by Gasteiger charge is -2.08. The molecule has 0 radical (unpaired) electrons. The summed E-state index contributed by atoms with van der Waals surface area (Å²) < 4.78 is 16.0. The van der Waals surface area contributed by atoms with Gasteiger partial charge in [0.25, 0.3) is 0 Å².